The van der Waals surface area contributed by atoms with E-state index in [1.807, 2.05) is 37.4 Å². The average molecular weight is 357 g/mol. The summed E-state index contributed by atoms with van der Waals surface area (Å²) < 4.78 is 14.6. The number of benzene rings is 2. The largest absolute Gasteiger partial charge is 0.309 e. The molecule has 0 aromatic heterocycles. The highest BCUT2D eigenvalue weighted by Gasteiger charge is 2.15. The van der Waals surface area contributed by atoms with Gasteiger partial charge in [0.2, 0.25) is 0 Å². The van der Waals surface area contributed by atoms with Crippen LogP contribution < -0.4 is 5.32 Å². The minimum absolute atomic E-state index is 0.00145. The van der Waals surface area contributed by atoms with Crippen molar-refractivity contribution in [2.75, 3.05) is 7.05 Å². The SMILES string of the molecule is CNC(c1cc(C)c(F)c(C)c1)c1ccc(Cl)c(Br)c1. The first-order valence-corrected chi connectivity index (χ1v) is 7.50. The highest BCUT2D eigenvalue weighted by Crippen LogP contribution is 2.30. The average Bonchev–Trinajstić information content (AvgIpc) is 2.41. The van der Waals surface area contributed by atoms with Crippen molar-refractivity contribution in [3.63, 3.8) is 0 Å². The van der Waals surface area contributed by atoms with Gasteiger partial charge in [-0.15, -0.1) is 0 Å². The van der Waals surface area contributed by atoms with Gasteiger partial charge in [0, 0.05) is 4.47 Å². The molecule has 0 saturated carbocycles. The normalized spacial score (nSPS) is 12.5. The van der Waals surface area contributed by atoms with Crippen molar-refractivity contribution in [2.24, 2.45) is 0 Å². The zero-order valence-corrected chi connectivity index (χ0v) is 13.9. The molecule has 20 heavy (non-hydrogen) atoms. The maximum atomic E-state index is 13.8. The van der Waals surface area contributed by atoms with Crippen LogP contribution in [0.5, 0.6) is 0 Å². The van der Waals surface area contributed by atoms with Crippen molar-refractivity contribution in [1.82, 2.24) is 5.32 Å². The Morgan fingerprint density at radius 3 is 2.20 bits per heavy atom. The van der Waals surface area contributed by atoms with E-state index >= 15 is 0 Å². The third kappa shape index (κ3) is 3.05. The molecule has 4 heteroatoms. The second-order valence-electron chi connectivity index (χ2n) is 4.86. The van der Waals surface area contributed by atoms with Crippen molar-refractivity contribution in [1.29, 1.82) is 0 Å². The van der Waals surface area contributed by atoms with Gasteiger partial charge in [0.05, 0.1) is 11.1 Å². The highest BCUT2D eigenvalue weighted by molar-refractivity contribution is 9.10. The van der Waals surface area contributed by atoms with Crippen LogP contribution in [-0.2, 0) is 0 Å². The van der Waals surface area contributed by atoms with Crippen LogP contribution in [0.4, 0.5) is 4.39 Å². The van der Waals surface area contributed by atoms with Gasteiger partial charge in [-0.1, -0.05) is 29.8 Å². The van der Waals surface area contributed by atoms with E-state index in [0.29, 0.717) is 16.1 Å². The van der Waals surface area contributed by atoms with Crippen molar-refractivity contribution in [3.8, 4) is 0 Å². The molecular weight excluding hydrogens is 341 g/mol. The van der Waals surface area contributed by atoms with E-state index < -0.39 is 0 Å². The first-order valence-electron chi connectivity index (χ1n) is 6.33. The molecule has 0 aliphatic heterocycles. The van der Waals surface area contributed by atoms with E-state index in [-0.39, 0.29) is 11.9 Å². The van der Waals surface area contributed by atoms with Crippen molar-refractivity contribution < 1.29 is 4.39 Å². The monoisotopic (exact) mass is 355 g/mol. The summed E-state index contributed by atoms with van der Waals surface area (Å²) in [5.41, 5.74) is 3.44. The third-order valence-corrected chi connectivity index (χ3v) is 4.57. The fraction of sp³-hybridized carbons (Fsp3) is 0.250. The summed E-state index contributed by atoms with van der Waals surface area (Å²) in [6.07, 6.45) is 0. The van der Waals surface area contributed by atoms with E-state index in [4.69, 9.17) is 11.6 Å². The van der Waals surface area contributed by atoms with Crippen LogP contribution in [0.3, 0.4) is 0 Å². The van der Waals surface area contributed by atoms with Gasteiger partial charge in [0.15, 0.2) is 0 Å². The first-order chi connectivity index (χ1) is 9.43. The number of aryl methyl sites for hydroxylation is 2. The predicted octanol–water partition coefficient (Wildman–Crippen LogP) is 5.17. The molecule has 2 aromatic carbocycles. The van der Waals surface area contributed by atoms with Crippen molar-refractivity contribution in [2.45, 2.75) is 19.9 Å². The Labute approximate surface area is 132 Å². The molecule has 0 saturated heterocycles. The summed E-state index contributed by atoms with van der Waals surface area (Å²) in [4.78, 5) is 0. The minimum Gasteiger partial charge on any atom is -0.309 e. The number of nitrogens with one attached hydrogen (secondary N) is 1. The Morgan fingerprint density at radius 2 is 1.70 bits per heavy atom. The first kappa shape index (κ1) is 15.5. The van der Waals surface area contributed by atoms with Crippen LogP contribution in [0, 0.1) is 19.7 Å². The van der Waals surface area contributed by atoms with Crippen molar-refractivity contribution >= 4 is 27.5 Å². The third-order valence-electron chi connectivity index (χ3n) is 3.36. The van der Waals surface area contributed by atoms with Gasteiger partial charge >= 0.3 is 0 Å². The highest BCUT2D eigenvalue weighted by atomic mass is 79.9. The Morgan fingerprint density at radius 1 is 1.10 bits per heavy atom. The standard InChI is InChI=1S/C16H16BrClFN/c1-9-6-12(7-10(2)15(9)19)16(20-3)11-4-5-14(18)13(17)8-11/h4-8,16,20H,1-3H3. The van der Waals surface area contributed by atoms with Gasteiger partial charge < -0.3 is 5.32 Å². The molecule has 0 radical (unpaired) electrons. The van der Waals surface area contributed by atoms with Gasteiger partial charge in [-0.3, -0.25) is 0 Å². The summed E-state index contributed by atoms with van der Waals surface area (Å²) in [5.74, 6) is -0.138. The van der Waals surface area contributed by atoms with E-state index in [1.54, 1.807) is 13.8 Å². The van der Waals surface area contributed by atoms with E-state index in [1.165, 1.54) is 0 Å². The lowest BCUT2D eigenvalue weighted by Crippen LogP contribution is -2.18. The molecule has 1 nitrogen and oxygen atoms in total. The Hall–Kier alpha value is -0.900. The molecule has 0 bridgehead atoms. The van der Waals surface area contributed by atoms with E-state index in [0.717, 1.165) is 15.6 Å². The number of halogens is 3. The molecule has 0 spiro atoms. The lowest BCUT2D eigenvalue weighted by atomic mass is 9.95. The van der Waals surface area contributed by atoms with Gasteiger partial charge in [-0.25, -0.2) is 4.39 Å². The Bertz CT molecular complexity index is 619. The molecule has 0 fully saturated rings. The second-order valence-corrected chi connectivity index (χ2v) is 6.13. The molecule has 1 atom stereocenters. The maximum absolute atomic E-state index is 13.8. The van der Waals surface area contributed by atoms with Crippen LogP contribution in [0.25, 0.3) is 0 Å². The molecule has 0 heterocycles. The molecule has 0 aliphatic carbocycles. The van der Waals surface area contributed by atoms with Crippen LogP contribution in [0.15, 0.2) is 34.8 Å². The zero-order chi connectivity index (χ0) is 14.9. The molecule has 2 aromatic rings. The molecule has 1 N–H and O–H groups in total. The van der Waals surface area contributed by atoms with E-state index in [9.17, 15) is 4.39 Å². The van der Waals surface area contributed by atoms with Gasteiger partial charge in [0.1, 0.15) is 5.82 Å². The predicted molar refractivity (Wildman–Crippen MR) is 85.9 cm³/mol. The second kappa shape index (κ2) is 6.25. The fourth-order valence-electron chi connectivity index (χ4n) is 2.36. The summed E-state index contributed by atoms with van der Waals surface area (Å²) in [7, 11) is 1.89. The quantitative estimate of drug-likeness (QED) is 0.800. The summed E-state index contributed by atoms with van der Waals surface area (Å²) >= 11 is 9.47. The van der Waals surface area contributed by atoms with Gasteiger partial charge in [0.25, 0.3) is 0 Å². The molecule has 2 rings (SSSR count). The maximum Gasteiger partial charge on any atom is 0.129 e. The topological polar surface area (TPSA) is 12.0 Å². The summed E-state index contributed by atoms with van der Waals surface area (Å²) in [6.45, 7) is 3.58. The number of hydrogen-bond acceptors (Lipinski definition) is 1. The van der Waals surface area contributed by atoms with Crippen molar-refractivity contribution in [3.05, 3.63) is 67.9 Å². The smallest absolute Gasteiger partial charge is 0.129 e. The molecule has 106 valence electrons. The molecular formula is C16H16BrClFN. The van der Waals surface area contributed by atoms with Crippen LogP contribution in [-0.4, -0.2) is 7.05 Å². The summed E-state index contributed by atoms with van der Waals surface area (Å²) in [6, 6.07) is 9.58. The van der Waals surface area contributed by atoms with Crippen LogP contribution >= 0.6 is 27.5 Å². The Balaban J connectivity index is 2.49. The zero-order valence-electron chi connectivity index (χ0n) is 11.6. The molecule has 0 amide bonds. The molecule has 0 aliphatic rings. The summed E-state index contributed by atoms with van der Waals surface area (Å²) in [5, 5.41) is 3.94. The number of rotatable bonds is 3. The van der Waals surface area contributed by atoms with Gasteiger partial charge in [-0.2, -0.15) is 0 Å². The van der Waals surface area contributed by atoms with E-state index in [2.05, 4.69) is 21.2 Å². The minimum atomic E-state index is -0.138. The number of hydrogen-bond donors (Lipinski definition) is 1. The lowest BCUT2D eigenvalue weighted by molar-refractivity contribution is 0.604. The molecule has 1 unspecified atom stereocenters. The lowest BCUT2D eigenvalue weighted by Gasteiger charge is -2.19. The Kier molecular flexibility index (Phi) is 4.84. The fourth-order valence-corrected chi connectivity index (χ4v) is 2.88. The van der Waals surface area contributed by atoms with Crippen LogP contribution in [0.2, 0.25) is 5.02 Å². The van der Waals surface area contributed by atoms with Gasteiger partial charge in [-0.05, 0) is 71.2 Å². The van der Waals surface area contributed by atoms with Crippen LogP contribution in [0.1, 0.15) is 28.3 Å².